The van der Waals surface area contributed by atoms with Gasteiger partial charge >= 0.3 is 5.97 Å². The molecule has 0 spiro atoms. The molecular weight excluding hydrogens is 222 g/mol. The first kappa shape index (κ1) is 13.2. The highest BCUT2D eigenvalue weighted by molar-refractivity contribution is 5.71. The predicted octanol–water partition coefficient (Wildman–Crippen LogP) is -0.417. The average molecular weight is 239 g/mol. The molecule has 6 nitrogen and oxygen atoms in total. The van der Waals surface area contributed by atoms with Gasteiger partial charge in [0.15, 0.2) is 0 Å². The van der Waals surface area contributed by atoms with Crippen LogP contribution < -0.4 is 16.6 Å². The summed E-state index contributed by atoms with van der Waals surface area (Å²) in [5, 5.41) is 2.92. The Balaban J connectivity index is 2.29. The third-order valence-electron chi connectivity index (χ3n) is 2.30. The van der Waals surface area contributed by atoms with Crippen LogP contribution in [0.4, 0.5) is 5.69 Å². The SMILES string of the molecule is COC(=O)CNCCCn1cccc(N)c1=O. The van der Waals surface area contributed by atoms with Crippen LogP contribution in [0.15, 0.2) is 23.1 Å². The maximum Gasteiger partial charge on any atom is 0.319 e. The Morgan fingerprint density at radius 2 is 2.35 bits per heavy atom. The Kier molecular flexibility index (Phi) is 5.22. The van der Waals surface area contributed by atoms with E-state index in [1.165, 1.54) is 7.11 Å². The largest absolute Gasteiger partial charge is 0.468 e. The second-order valence-electron chi connectivity index (χ2n) is 3.57. The molecule has 1 heterocycles. The van der Waals surface area contributed by atoms with Gasteiger partial charge in [-0.15, -0.1) is 0 Å². The quantitative estimate of drug-likeness (QED) is 0.520. The number of carbonyl (C=O) groups is 1. The lowest BCUT2D eigenvalue weighted by Crippen LogP contribution is -2.27. The predicted molar refractivity (Wildman–Crippen MR) is 64.6 cm³/mol. The van der Waals surface area contributed by atoms with E-state index in [0.717, 1.165) is 6.42 Å². The summed E-state index contributed by atoms with van der Waals surface area (Å²) in [6.45, 7) is 1.39. The topological polar surface area (TPSA) is 86.3 Å². The van der Waals surface area contributed by atoms with Crippen molar-refractivity contribution in [3.63, 3.8) is 0 Å². The molecule has 1 rings (SSSR count). The number of ether oxygens (including phenoxy) is 1. The van der Waals surface area contributed by atoms with Crippen LogP contribution in [0.5, 0.6) is 0 Å². The van der Waals surface area contributed by atoms with E-state index in [-0.39, 0.29) is 23.8 Å². The Labute approximate surface area is 99.4 Å². The van der Waals surface area contributed by atoms with Crippen LogP contribution in [0.2, 0.25) is 0 Å². The van der Waals surface area contributed by atoms with Gasteiger partial charge in [0.1, 0.15) is 0 Å². The Hall–Kier alpha value is -1.82. The molecule has 1 aromatic heterocycles. The van der Waals surface area contributed by atoms with Crippen molar-refractivity contribution in [3.05, 3.63) is 28.7 Å². The lowest BCUT2D eigenvalue weighted by molar-refractivity contribution is -0.139. The first-order valence-electron chi connectivity index (χ1n) is 5.37. The highest BCUT2D eigenvalue weighted by Crippen LogP contribution is 1.93. The molecule has 0 bridgehead atoms. The molecule has 3 N–H and O–H groups in total. The van der Waals surface area contributed by atoms with Crippen LogP contribution in [0.3, 0.4) is 0 Å². The van der Waals surface area contributed by atoms with Gasteiger partial charge in [0.05, 0.1) is 19.3 Å². The molecule has 6 heteroatoms. The summed E-state index contributed by atoms with van der Waals surface area (Å²) >= 11 is 0. The van der Waals surface area contributed by atoms with Crippen LogP contribution in [0.25, 0.3) is 0 Å². The number of nitrogens with zero attached hydrogens (tertiary/aromatic N) is 1. The minimum Gasteiger partial charge on any atom is -0.468 e. The van der Waals surface area contributed by atoms with Crippen LogP contribution in [-0.4, -0.2) is 30.7 Å². The molecule has 17 heavy (non-hydrogen) atoms. The number of hydrogen-bond donors (Lipinski definition) is 2. The highest BCUT2D eigenvalue weighted by atomic mass is 16.5. The standard InChI is InChI=1S/C11H17N3O3/c1-17-10(15)8-13-5-3-7-14-6-2-4-9(12)11(14)16/h2,4,6,13H,3,5,7-8,12H2,1H3. The van der Waals surface area contributed by atoms with Gasteiger partial charge in [0.25, 0.3) is 5.56 Å². The summed E-state index contributed by atoms with van der Waals surface area (Å²) in [5.74, 6) is -0.300. The van der Waals surface area contributed by atoms with Crippen molar-refractivity contribution in [3.8, 4) is 0 Å². The summed E-state index contributed by atoms with van der Waals surface area (Å²) in [6.07, 6.45) is 2.43. The number of anilines is 1. The van der Waals surface area contributed by atoms with Crippen molar-refractivity contribution in [1.29, 1.82) is 0 Å². The van der Waals surface area contributed by atoms with Crippen molar-refractivity contribution in [2.24, 2.45) is 0 Å². The number of hydrogen-bond acceptors (Lipinski definition) is 5. The normalized spacial score (nSPS) is 10.2. The van der Waals surface area contributed by atoms with Crippen LogP contribution in [0.1, 0.15) is 6.42 Å². The van der Waals surface area contributed by atoms with Crippen LogP contribution in [-0.2, 0) is 16.1 Å². The van der Waals surface area contributed by atoms with Gasteiger partial charge < -0.3 is 20.4 Å². The third kappa shape index (κ3) is 4.28. The van der Waals surface area contributed by atoms with E-state index in [1.807, 2.05) is 0 Å². The fraction of sp³-hybridized carbons (Fsp3) is 0.455. The average Bonchev–Trinajstić information content (AvgIpc) is 2.33. The molecule has 0 aliphatic rings. The number of pyridine rings is 1. The first-order valence-corrected chi connectivity index (χ1v) is 5.37. The molecule has 0 aromatic carbocycles. The summed E-state index contributed by atoms with van der Waals surface area (Å²) in [5.41, 5.74) is 5.56. The van der Waals surface area contributed by atoms with Gasteiger partial charge in [-0.05, 0) is 25.1 Å². The number of methoxy groups -OCH3 is 1. The van der Waals surface area contributed by atoms with Crippen molar-refractivity contribution >= 4 is 11.7 Å². The van der Waals surface area contributed by atoms with Crippen molar-refractivity contribution in [2.75, 3.05) is 25.9 Å². The number of nitrogens with two attached hydrogens (primary N) is 1. The van der Waals surface area contributed by atoms with Gasteiger partial charge in [0.2, 0.25) is 0 Å². The molecule has 1 aromatic rings. The molecular formula is C11H17N3O3. The number of carbonyl (C=O) groups excluding carboxylic acids is 1. The van der Waals surface area contributed by atoms with E-state index in [1.54, 1.807) is 22.9 Å². The Morgan fingerprint density at radius 3 is 3.06 bits per heavy atom. The Morgan fingerprint density at radius 1 is 1.59 bits per heavy atom. The minimum absolute atomic E-state index is 0.180. The maximum atomic E-state index is 11.5. The Bertz CT molecular complexity index is 428. The third-order valence-corrected chi connectivity index (χ3v) is 2.30. The minimum atomic E-state index is -0.300. The fourth-order valence-corrected chi connectivity index (χ4v) is 1.37. The fourth-order valence-electron chi connectivity index (χ4n) is 1.37. The zero-order valence-corrected chi connectivity index (χ0v) is 9.81. The maximum absolute atomic E-state index is 11.5. The van der Waals surface area contributed by atoms with Gasteiger partial charge in [0, 0.05) is 12.7 Å². The van der Waals surface area contributed by atoms with E-state index in [2.05, 4.69) is 10.1 Å². The summed E-state index contributed by atoms with van der Waals surface area (Å²) in [6, 6.07) is 3.31. The van der Waals surface area contributed by atoms with Crippen molar-refractivity contribution in [2.45, 2.75) is 13.0 Å². The van der Waals surface area contributed by atoms with Gasteiger partial charge in [-0.3, -0.25) is 9.59 Å². The van der Waals surface area contributed by atoms with Gasteiger partial charge in [-0.25, -0.2) is 0 Å². The number of rotatable bonds is 6. The molecule has 0 aliphatic carbocycles. The molecule has 0 radical (unpaired) electrons. The van der Waals surface area contributed by atoms with Crippen molar-refractivity contribution in [1.82, 2.24) is 9.88 Å². The number of aryl methyl sites for hydroxylation is 1. The molecule has 0 aliphatic heterocycles. The number of aromatic nitrogens is 1. The van der Waals surface area contributed by atoms with Gasteiger partial charge in [-0.2, -0.15) is 0 Å². The molecule has 0 saturated carbocycles. The first-order chi connectivity index (χ1) is 8.15. The summed E-state index contributed by atoms with van der Waals surface area (Å²) in [4.78, 5) is 22.3. The molecule has 0 unspecified atom stereocenters. The van der Waals surface area contributed by atoms with E-state index in [4.69, 9.17) is 5.73 Å². The summed E-state index contributed by atoms with van der Waals surface area (Å²) in [7, 11) is 1.34. The van der Waals surface area contributed by atoms with Crippen LogP contribution >= 0.6 is 0 Å². The lowest BCUT2D eigenvalue weighted by atomic mass is 10.3. The smallest absolute Gasteiger partial charge is 0.319 e. The van der Waals surface area contributed by atoms with E-state index in [9.17, 15) is 9.59 Å². The number of esters is 1. The molecule has 0 fully saturated rings. The summed E-state index contributed by atoms with van der Waals surface area (Å²) < 4.78 is 6.03. The molecule has 0 saturated heterocycles. The molecule has 0 atom stereocenters. The van der Waals surface area contributed by atoms with E-state index >= 15 is 0 Å². The second-order valence-corrected chi connectivity index (χ2v) is 3.57. The lowest BCUT2D eigenvalue weighted by Gasteiger charge is -2.06. The van der Waals surface area contributed by atoms with Gasteiger partial charge in [-0.1, -0.05) is 0 Å². The number of nitrogens with one attached hydrogen (secondary N) is 1. The number of nitrogen functional groups attached to an aromatic ring is 1. The highest BCUT2D eigenvalue weighted by Gasteiger charge is 2.00. The monoisotopic (exact) mass is 239 g/mol. The van der Waals surface area contributed by atoms with E-state index in [0.29, 0.717) is 13.1 Å². The van der Waals surface area contributed by atoms with Crippen molar-refractivity contribution < 1.29 is 9.53 Å². The molecule has 94 valence electrons. The molecule has 0 amide bonds. The van der Waals surface area contributed by atoms with E-state index < -0.39 is 0 Å². The zero-order valence-electron chi connectivity index (χ0n) is 9.81. The van der Waals surface area contributed by atoms with Crippen LogP contribution in [0, 0.1) is 0 Å². The second kappa shape index (κ2) is 6.70. The zero-order chi connectivity index (χ0) is 12.7.